The summed E-state index contributed by atoms with van der Waals surface area (Å²) in [5.41, 5.74) is 1.000. The third kappa shape index (κ3) is 4.72. The van der Waals surface area contributed by atoms with E-state index in [2.05, 4.69) is 17.1 Å². The summed E-state index contributed by atoms with van der Waals surface area (Å²) in [7, 11) is 0. The third-order valence-corrected chi connectivity index (χ3v) is 3.92. The molecule has 1 aromatic carbocycles. The molecular formula is C16H24N2O3. The Kier molecular flexibility index (Phi) is 6.02. The molecule has 1 saturated heterocycles. The van der Waals surface area contributed by atoms with E-state index in [0.29, 0.717) is 18.3 Å². The molecule has 21 heavy (non-hydrogen) atoms. The zero-order chi connectivity index (χ0) is 15.1. The van der Waals surface area contributed by atoms with Crippen molar-refractivity contribution in [3.8, 4) is 5.75 Å². The molecule has 5 nitrogen and oxygen atoms in total. The van der Waals surface area contributed by atoms with Crippen molar-refractivity contribution in [1.82, 2.24) is 10.2 Å². The van der Waals surface area contributed by atoms with Crippen LogP contribution in [0.25, 0.3) is 0 Å². The predicted molar refractivity (Wildman–Crippen MR) is 81.5 cm³/mol. The van der Waals surface area contributed by atoms with Crippen LogP contribution in [0.3, 0.4) is 0 Å². The van der Waals surface area contributed by atoms with Gasteiger partial charge in [0.15, 0.2) is 6.61 Å². The highest BCUT2D eigenvalue weighted by molar-refractivity contribution is 5.68. The van der Waals surface area contributed by atoms with Crippen LogP contribution in [0.15, 0.2) is 24.3 Å². The average Bonchev–Trinajstić information content (AvgIpc) is 2.93. The molecule has 0 aromatic heterocycles. The summed E-state index contributed by atoms with van der Waals surface area (Å²) >= 11 is 0. The fraction of sp³-hybridized carbons (Fsp3) is 0.562. The normalized spacial score (nSPS) is 18.8. The van der Waals surface area contributed by atoms with Crippen LogP contribution in [0.1, 0.15) is 25.3 Å². The van der Waals surface area contributed by atoms with Gasteiger partial charge in [0.1, 0.15) is 5.75 Å². The van der Waals surface area contributed by atoms with Gasteiger partial charge in [-0.1, -0.05) is 25.1 Å². The Morgan fingerprint density at radius 1 is 1.48 bits per heavy atom. The second kappa shape index (κ2) is 8.00. The standard InChI is InChI=1S/C16H24N2O3/c1-2-18-9-5-7-14(18)11-17-10-13-6-3-4-8-15(13)21-12-16(19)20/h3-4,6,8,14,17H,2,5,7,9-12H2,1H3,(H,19,20)/t14-/m0/s1. The van der Waals surface area contributed by atoms with E-state index >= 15 is 0 Å². The maximum atomic E-state index is 10.6. The Morgan fingerprint density at radius 2 is 2.29 bits per heavy atom. The fourth-order valence-electron chi connectivity index (χ4n) is 2.85. The number of carboxylic acid groups (broad SMARTS) is 1. The number of likely N-dealkylation sites (N-methyl/N-ethyl adjacent to an activating group) is 1. The zero-order valence-corrected chi connectivity index (χ0v) is 12.5. The Bertz CT molecular complexity index is 465. The maximum absolute atomic E-state index is 10.6. The number of para-hydroxylation sites is 1. The number of carboxylic acids is 1. The van der Waals surface area contributed by atoms with E-state index in [1.807, 2.05) is 24.3 Å². The quantitative estimate of drug-likeness (QED) is 0.764. The molecule has 0 aliphatic carbocycles. The van der Waals surface area contributed by atoms with Crippen molar-refractivity contribution in [1.29, 1.82) is 0 Å². The van der Waals surface area contributed by atoms with Crippen molar-refractivity contribution < 1.29 is 14.6 Å². The molecule has 116 valence electrons. The van der Waals surface area contributed by atoms with Gasteiger partial charge in [-0.15, -0.1) is 0 Å². The predicted octanol–water partition coefficient (Wildman–Crippen LogP) is 1.72. The molecule has 0 bridgehead atoms. The van der Waals surface area contributed by atoms with E-state index in [-0.39, 0.29) is 6.61 Å². The molecule has 5 heteroatoms. The van der Waals surface area contributed by atoms with Gasteiger partial charge in [-0.05, 0) is 32.0 Å². The van der Waals surface area contributed by atoms with Gasteiger partial charge in [0.2, 0.25) is 0 Å². The molecule has 1 fully saturated rings. The lowest BCUT2D eigenvalue weighted by Crippen LogP contribution is -2.37. The van der Waals surface area contributed by atoms with Crippen LogP contribution in [-0.4, -0.2) is 48.3 Å². The number of aliphatic carboxylic acids is 1. The first kappa shape index (κ1) is 15.8. The third-order valence-electron chi connectivity index (χ3n) is 3.92. The van der Waals surface area contributed by atoms with Crippen molar-refractivity contribution in [2.75, 3.05) is 26.2 Å². The number of rotatable bonds is 8. The molecule has 0 radical (unpaired) electrons. The lowest BCUT2D eigenvalue weighted by Gasteiger charge is -2.23. The largest absolute Gasteiger partial charge is 0.482 e. The summed E-state index contributed by atoms with van der Waals surface area (Å²) in [6, 6.07) is 8.20. The van der Waals surface area contributed by atoms with E-state index in [1.165, 1.54) is 19.4 Å². The van der Waals surface area contributed by atoms with Gasteiger partial charge in [-0.25, -0.2) is 4.79 Å². The second-order valence-corrected chi connectivity index (χ2v) is 5.35. The summed E-state index contributed by atoms with van der Waals surface area (Å²) in [6.45, 7) is 5.85. The van der Waals surface area contributed by atoms with Gasteiger partial charge in [0.25, 0.3) is 0 Å². The number of nitrogens with zero attached hydrogens (tertiary/aromatic N) is 1. The molecule has 1 atom stereocenters. The summed E-state index contributed by atoms with van der Waals surface area (Å²) in [4.78, 5) is 13.1. The molecule has 2 N–H and O–H groups in total. The van der Waals surface area contributed by atoms with Crippen LogP contribution in [0.4, 0.5) is 0 Å². The number of benzene rings is 1. The Morgan fingerprint density at radius 3 is 3.05 bits per heavy atom. The van der Waals surface area contributed by atoms with E-state index < -0.39 is 5.97 Å². The first-order chi connectivity index (χ1) is 10.2. The van der Waals surface area contributed by atoms with Crippen molar-refractivity contribution in [2.45, 2.75) is 32.4 Å². The number of ether oxygens (including phenoxy) is 1. The minimum atomic E-state index is -0.956. The molecular weight excluding hydrogens is 268 g/mol. The van der Waals surface area contributed by atoms with Gasteiger partial charge in [0, 0.05) is 24.7 Å². The molecule has 0 amide bonds. The molecule has 1 aliphatic rings. The molecule has 1 heterocycles. The van der Waals surface area contributed by atoms with Crippen molar-refractivity contribution in [3.63, 3.8) is 0 Å². The van der Waals surface area contributed by atoms with Crippen molar-refractivity contribution in [2.24, 2.45) is 0 Å². The molecule has 2 rings (SSSR count). The van der Waals surface area contributed by atoms with Crippen LogP contribution in [0.2, 0.25) is 0 Å². The van der Waals surface area contributed by atoms with Crippen LogP contribution in [0, 0.1) is 0 Å². The van der Waals surface area contributed by atoms with E-state index in [9.17, 15) is 4.79 Å². The minimum absolute atomic E-state index is 0.302. The Balaban J connectivity index is 1.83. The van der Waals surface area contributed by atoms with Crippen LogP contribution in [-0.2, 0) is 11.3 Å². The number of likely N-dealkylation sites (tertiary alicyclic amines) is 1. The monoisotopic (exact) mass is 292 g/mol. The van der Waals surface area contributed by atoms with Gasteiger partial charge >= 0.3 is 5.97 Å². The maximum Gasteiger partial charge on any atom is 0.341 e. The highest BCUT2D eigenvalue weighted by Gasteiger charge is 2.22. The lowest BCUT2D eigenvalue weighted by molar-refractivity contribution is -0.139. The second-order valence-electron chi connectivity index (χ2n) is 5.35. The number of carbonyl (C=O) groups is 1. The van der Waals surface area contributed by atoms with Crippen LogP contribution < -0.4 is 10.1 Å². The highest BCUT2D eigenvalue weighted by atomic mass is 16.5. The van der Waals surface area contributed by atoms with Gasteiger partial charge < -0.3 is 15.2 Å². The smallest absolute Gasteiger partial charge is 0.341 e. The zero-order valence-electron chi connectivity index (χ0n) is 12.5. The van der Waals surface area contributed by atoms with E-state index in [0.717, 1.165) is 18.7 Å². The van der Waals surface area contributed by atoms with E-state index in [1.54, 1.807) is 0 Å². The van der Waals surface area contributed by atoms with Crippen molar-refractivity contribution in [3.05, 3.63) is 29.8 Å². The molecule has 1 aliphatic heterocycles. The molecule has 0 spiro atoms. The SMILES string of the molecule is CCN1CCC[C@H]1CNCc1ccccc1OCC(=O)O. The highest BCUT2D eigenvalue weighted by Crippen LogP contribution is 2.19. The number of hydrogen-bond acceptors (Lipinski definition) is 4. The van der Waals surface area contributed by atoms with Crippen LogP contribution in [0.5, 0.6) is 5.75 Å². The summed E-state index contributed by atoms with van der Waals surface area (Å²) in [5, 5.41) is 12.2. The lowest BCUT2D eigenvalue weighted by atomic mass is 10.2. The van der Waals surface area contributed by atoms with Gasteiger partial charge in [-0.3, -0.25) is 4.90 Å². The topological polar surface area (TPSA) is 61.8 Å². The Labute approximate surface area is 125 Å². The number of nitrogens with one attached hydrogen (secondary N) is 1. The fourth-order valence-corrected chi connectivity index (χ4v) is 2.85. The molecule has 0 unspecified atom stereocenters. The van der Waals surface area contributed by atoms with E-state index in [4.69, 9.17) is 9.84 Å². The molecule has 0 saturated carbocycles. The first-order valence-electron chi connectivity index (χ1n) is 7.58. The first-order valence-corrected chi connectivity index (χ1v) is 7.58. The number of hydrogen-bond donors (Lipinski definition) is 2. The average molecular weight is 292 g/mol. The van der Waals surface area contributed by atoms with Gasteiger partial charge in [-0.2, -0.15) is 0 Å². The summed E-state index contributed by atoms with van der Waals surface area (Å²) in [6.07, 6.45) is 2.52. The Hall–Kier alpha value is -1.59. The van der Waals surface area contributed by atoms with Gasteiger partial charge in [0.05, 0.1) is 0 Å². The summed E-state index contributed by atoms with van der Waals surface area (Å²) < 4.78 is 5.31. The molecule has 1 aromatic rings. The summed E-state index contributed by atoms with van der Waals surface area (Å²) in [5.74, 6) is -0.312. The minimum Gasteiger partial charge on any atom is -0.482 e. The van der Waals surface area contributed by atoms with Crippen molar-refractivity contribution >= 4 is 5.97 Å². The van der Waals surface area contributed by atoms with Crippen LogP contribution >= 0.6 is 0 Å².